The predicted molar refractivity (Wildman–Crippen MR) is 93.8 cm³/mol. The number of carbonyl (C=O) groups is 1. The maximum Gasteiger partial charge on any atom is 0.220 e. The molecule has 126 valence electrons. The maximum absolute atomic E-state index is 12.1. The number of nitrogens with one attached hydrogen (secondary N) is 1. The van der Waals surface area contributed by atoms with E-state index in [0.717, 1.165) is 30.6 Å². The first kappa shape index (κ1) is 20.7. The Bertz CT molecular complexity index is 423. The van der Waals surface area contributed by atoms with Crippen LogP contribution >= 0.6 is 12.4 Å². The summed E-state index contributed by atoms with van der Waals surface area (Å²) in [7, 11) is 1.65. The highest BCUT2D eigenvalue weighted by Gasteiger charge is 2.14. The van der Waals surface area contributed by atoms with Crippen LogP contribution in [-0.4, -0.2) is 25.6 Å². The Morgan fingerprint density at radius 2 is 1.95 bits per heavy atom. The number of carbonyl (C=O) groups excluding carboxylic acids is 1. The van der Waals surface area contributed by atoms with E-state index in [1.165, 1.54) is 0 Å². The average Bonchev–Trinajstić information content (AvgIpc) is 2.51. The minimum Gasteiger partial charge on any atom is -0.497 e. The van der Waals surface area contributed by atoms with Gasteiger partial charge in [-0.05, 0) is 30.0 Å². The van der Waals surface area contributed by atoms with Crippen LogP contribution < -0.4 is 15.8 Å². The monoisotopic (exact) mass is 328 g/mol. The molecular weight excluding hydrogens is 300 g/mol. The number of hydrogen-bond acceptors (Lipinski definition) is 3. The molecule has 1 amide bonds. The average molecular weight is 329 g/mol. The molecule has 2 unspecified atom stereocenters. The highest BCUT2D eigenvalue weighted by Crippen LogP contribution is 2.21. The van der Waals surface area contributed by atoms with Crippen LogP contribution in [0.3, 0.4) is 0 Å². The van der Waals surface area contributed by atoms with Gasteiger partial charge in [0.2, 0.25) is 5.91 Å². The van der Waals surface area contributed by atoms with Crippen molar-refractivity contribution < 1.29 is 9.53 Å². The zero-order valence-electron chi connectivity index (χ0n) is 13.8. The van der Waals surface area contributed by atoms with E-state index in [9.17, 15) is 4.79 Å². The van der Waals surface area contributed by atoms with Crippen LogP contribution in [-0.2, 0) is 4.79 Å². The number of hydrogen-bond donors (Lipinski definition) is 2. The van der Waals surface area contributed by atoms with Crippen LogP contribution in [0.15, 0.2) is 24.3 Å². The van der Waals surface area contributed by atoms with E-state index in [-0.39, 0.29) is 30.3 Å². The summed E-state index contributed by atoms with van der Waals surface area (Å²) in [6.07, 6.45) is 3.65. The number of ether oxygens (including phenoxy) is 1. The third kappa shape index (κ3) is 7.14. The Labute approximate surface area is 140 Å². The fourth-order valence-electron chi connectivity index (χ4n) is 2.31. The number of rotatable bonds is 9. The first-order valence-electron chi connectivity index (χ1n) is 7.74. The van der Waals surface area contributed by atoms with Crippen LogP contribution in [0.4, 0.5) is 0 Å². The van der Waals surface area contributed by atoms with Gasteiger partial charge in [0.1, 0.15) is 5.75 Å². The molecule has 0 aliphatic rings. The molecule has 0 fully saturated rings. The van der Waals surface area contributed by atoms with Gasteiger partial charge in [-0.25, -0.2) is 0 Å². The van der Waals surface area contributed by atoms with E-state index in [2.05, 4.69) is 19.2 Å². The van der Waals surface area contributed by atoms with Gasteiger partial charge in [0, 0.05) is 19.0 Å². The van der Waals surface area contributed by atoms with Crippen molar-refractivity contribution in [3.05, 3.63) is 29.8 Å². The first-order chi connectivity index (χ1) is 10.1. The molecule has 1 rings (SSSR count). The SMILES string of the molecule is CCCCC(CN)NC(=O)CC(C)c1ccc(OC)cc1.Cl. The van der Waals surface area contributed by atoms with E-state index in [4.69, 9.17) is 10.5 Å². The van der Waals surface area contributed by atoms with Gasteiger partial charge >= 0.3 is 0 Å². The van der Waals surface area contributed by atoms with Gasteiger partial charge in [-0.3, -0.25) is 4.79 Å². The van der Waals surface area contributed by atoms with Crippen molar-refractivity contribution >= 4 is 18.3 Å². The van der Waals surface area contributed by atoms with E-state index < -0.39 is 0 Å². The number of unbranched alkanes of at least 4 members (excludes halogenated alkanes) is 1. The molecule has 0 bridgehead atoms. The van der Waals surface area contributed by atoms with Crippen LogP contribution in [0.2, 0.25) is 0 Å². The Balaban J connectivity index is 0.00000441. The first-order valence-corrected chi connectivity index (χ1v) is 7.74. The molecule has 22 heavy (non-hydrogen) atoms. The lowest BCUT2D eigenvalue weighted by Crippen LogP contribution is -2.40. The van der Waals surface area contributed by atoms with Gasteiger partial charge in [-0.1, -0.05) is 38.8 Å². The molecule has 4 nitrogen and oxygen atoms in total. The third-order valence-corrected chi connectivity index (χ3v) is 3.73. The summed E-state index contributed by atoms with van der Waals surface area (Å²) in [6, 6.07) is 7.96. The molecule has 0 spiro atoms. The standard InChI is InChI=1S/C17H28N2O2.ClH/c1-4-5-6-15(12-18)19-17(20)11-13(2)14-7-9-16(21-3)10-8-14;/h7-10,13,15H,4-6,11-12,18H2,1-3H3,(H,19,20);1H. The van der Waals surface area contributed by atoms with E-state index in [1.807, 2.05) is 24.3 Å². The summed E-state index contributed by atoms with van der Waals surface area (Å²) in [4.78, 5) is 12.1. The molecule has 2 atom stereocenters. The molecular formula is C17H29ClN2O2. The van der Waals surface area contributed by atoms with Gasteiger partial charge < -0.3 is 15.8 Å². The normalized spacial score (nSPS) is 12.9. The molecule has 1 aromatic rings. The number of methoxy groups -OCH3 is 1. The van der Waals surface area contributed by atoms with Crippen LogP contribution in [0.25, 0.3) is 0 Å². The number of benzene rings is 1. The third-order valence-electron chi connectivity index (χ3n) is 3.73. The highest BCUT2D eigenvalue weighted by atomic mass is 35.5. The van der Waals surface area contributed by atoms with Crippen molar-refractivity contribution in [3.8, 4) is 5.75 Å². The lowest BCUT2D eigenvalue weighted by atomic mass is 9.97. The summed E-state index contributed by atoms with van der Waals surface area (Å²) in [5, 5.41) is 3.04. The molecule has 0 saturated heterocycles. The van der Waals surface area contributed by atoms with Crippen LogP contribution in [0.5, 0.6) is 5.75 Å². The van der Waals surface area contributed by atoms with E-state index in [1.54, 1.807) is 7.11 Å². The largest absolute Gasteiger partial charge is 0.497 e. The maximum atomic E-state index is 12.1. The van der Waals surface area contributed by atoms with E-state index >= 15 is 0 Å². The van der Waals surface area contributed by atoms with E-state index in [0.29, 0.717) is 13.0 Å². The van der Waals surface area contributed by atoms with Crippen molar-refractivity contribution in [2.75, 3.05) is 13.7 Å². The Morgan fingerprint density at radius 1 is 1.32 bits per heavy atom. The summed E-state index contributed by atoms with van der Waals surface area (Å²) >= 11 is 0. The van der Waals surface area contributed by atoms with Gasteiger partial charge in [-0.2, -0.15) is 0 Å². The molecule has 0 aliphatic carbocycles. The minimum absolute atomic E-state index is 0. The lowest BCUT2D eigenvalue weighted by molar-refractivity contribution is -0.122. The summed E-state index contributed by atoms with van der Waals surface area (Å²) in [6.45, 7) is 4.70. The lowest BCUT2D eigenvalue weighted by Gasteiger charge is -2.18. The topological polar surface area (TPSA) is 64.3 Å². The molecule has 0 heterocycles. The van der Waals surface area contributed by atoms with Gasteiger partial charge in [-0.15, -0.1) is 12.4 Å². The van der Waals surface area contributed by atoms with Crippen LogP contribution in [0, 0.1) is 0 Å². The zero-order valence-corrected chi connectivity index (χ0v) is 14.6. The quantitative estimate of drug-likeness (QED) is 0.731. The smallest absolute Gasteiger partial charge is 0.220 e. The molecule has 1 aromatic carbocycles. The van der Waals surface area contributed by atoms with Crippen molar-refractivity contribution in [2.45, 2.75) is 51.5 Å². The number of nitrogens with two attached hydrogens (primary N) is 1. The molecule has 0 aliphatic heterocycles. The second kappa shape index (κ2) is 11.3. The van der Waals surface area contributed by atoms with Gasteiger partial charge in [0.25, 0.3) is 0 Å². The fraction of sp³-hybridized carbons (Fsp3) is 0.588. The van der Waals surface area contributed by atoms with Crippen molar-refractivity contribution in [1.82, 2.24) is 5.32 Å². The summed E-state index contributed by atoms with van der Waals surface area (Å²) < 4.78 is 5.14. The minimum atomic E-state index is 0. The Morgan fingerprint density at radius 3 is 2.45 bits per heavy atom. The molecule has 0 saturated carbocycles. The predicted octanol–water partition coefficient (Wildman–Crippen LogP) is 3.24. The Kier molecular flexibility index (Phi) is 10.7. The molecule has 3 N–H and O–H groups in total. The Hall–Kier alpha value is -1.26. The highest BCUT2D eigenvalue weighted by molar-refractivity contribution is 5.85. The number of halogens is 1. The molecule has 0 aromatic heterocycles. The van der Waals surface area contributed by atoms with Crippen molar-refractivity contribution in [3.63, 3.8) is 0 Å². The molecule has 5 heteroatoms. The zero-order chi connectivity index (χ0) is 15.7. The van der Waals surface area contributed by atoms with Gasteiger partial charge in [0.15, 0.2) is 0 Å². The van der Waals surface area contributed by atoms with Gasteiger partial charge in [0.05, 0.1) is 7.11 Å². The second-order valence-corrected chi connectivity index (χ2v) is 5.52. The fourth-order valence-corrected chi connectivity index (χ4v) is 2.31. The van der Waals surface area contributed by atoms with Crippen molar-refractivity contribution in [1.29, 1.82) is 0 Å². The van der Waals surface area contributed by atoms with Crippen LogP contribution in [0.1, 0.15) is 51.0 Å². The summed E-state index contributed by atoms with van der Waals surface area (Å²) in [5.41, 5.74) is 6.85. The summed E-state index contributed by atoms with van der Waals surface area (Å²) in [5.74, 6) is 1.09. The molecule has 0 radical (unpaired) electrons. The number of amides is 1. The van der Waals surface area contributed by atoms with Crippen molar-refractivity contribution in [2.24, 2.45) is 5.73 Å². The second-order valence-electron chi connectivity index (χ2n) is 5.52.